The number of aliphatic hydroxyl groups is 1. The number of para-hydroxylation sites is 1. The lowest BCUT2D eigenvalue weighted by molar-refractivity contribution is 0.0755. The van der Waals surface area contributed by atoms with E-state index in [0.29, 0.717) is 0 Å². The molecule has 0 aliphatic rings. The minimum Gasteiger partial charge on any atom is -0.496 e. The summed E-state index contributed by atoms with van der Waals surface area (Å²) in [5.74, 6) is 0.808. The van der Waals surface area contributed by atoms with Crippen molar-refractivity contribution in [3.8, 4) is 5.75 Å². The Kier molecular flexibility index (Phi) is 3.17. The Bertz CT molecular complexity index is 311. The zero-order chi connectivity index (χ0) is 10.8. The van der Waals surface area contributed by atoms with Gasteiger partial charge in [0.15, 0.2) is 0 Å². The van der Waals surface area contributed by atoms with E-state index in [2.05, 4.69) is 6.92 Å². The van der Waals surface area contributed by atoms with Crippen molar-refractivity contribution < 1.29 is 9.84 Å². The van der Waals surface area contributed by atoms with Gasteiger partial charge in [0.1, 0.15) is 5.75 Å². The van der Waals surface area contributed by atoms with E-state index in [1.165, 1.54) is 0 Å². The average molecular weight is 194 g/mol. The first kappa shape index (κ1) is 11.1. The first-order chi connectivity index (χ1) is 6.50. The minimum atomic E-state index is -0.851. The van der Waals surface area contributed by atoms with Gasteiger partial charge in [-0.25, -0.2) is 0 Å². The summed E-state index contributed by atoms with van der Waals surface area (Å²) >= 11 is 0. The molecule has 0 aliphatic heterocycles. The van der Waals surface area contributed by atoms with E-state index in [1.54, 1.807) is 21.0 Å². The minimum absolute atomic E-state index is 0.808. The third-order valence-corrected chi connectivity index (χ3v) is 2.34. The van der Waals surface area contributed by atoms with Crippen LogP contribution in [0.3, 0.4) is 0 Å². The molecule has 0 fully saturated rings. The highest BCUT2D eigenvalue weighted by Gasteiger charge is 2.21. The summed E-state index contributed by atoms with van der Waals surface area (Å²) in [7, 11) is 1.64. The van der Waals surface area contributed by atoms with Gasteiger partial charge in [0.2, 0.25) is 0 Å². The first-order valence-electron chi connectivity index (χ1n) is 4.89. The van der Waals surface area contributed by atoms with Crippen LogP contribution in [0.15, 0.2) is 18.2 Å². The molecule has 0 heterocycles. The second-order valence-corrected chi connectivity index (χ2v) is 3.91. The fourth-order valence-corrected chi connectivity index (χ4v) is 1.59. The van der Waals surface area contributed by atoms with Crippen LogP contribution in [-0.2, 0) is 12.0 Å². The van der Waals surface area contributed by atoms with Crippen molar-refractivity contribution in [3.05, 3.63) is 29.3 Å². The highest BCUT2D eigenvalue weighted by Crippen LogP contribution is 2.32. The van der Waals surface area contributed by atoms with E-state index >= 15 is 0 Å². The average Bonchev–Trinajstić information content (AvgIpc) is 2.15. The molecule has 1 N–H and O–H groups in total. The maximum absolute atomic E-state index is 9.94. The van der Waals surface area contributed by atoms with Crippen LogP contribution in [0.2, 0.25) is 0 Å². The molecule has 0 aromatic heterocycles. The van der Waals surface area contributed by atoms with Crippen LogP contribution in [0.1, 0.15) is 31.9 Å². The largest absolute Gasteiger partial charge is 0.496 e. The molecule has 2 heteroatoms. The summed E-state index contributed by atoms with van der Waals surface area (Å²) in [6.45, 7) is 5.61. The predicted molar refractivity (Wildman–Crippen MR) is 57.6 cm³/mol. The second-order valence-electron chi connectivity index (χ2n) is 3.91. The van der Waals surface area contributed by atoms with Gasteiger partial charge < -0.3 is 9.84 Å². The maximum atomic E-state index is 9.94. The molecule has 0 saturated carbocycles. The molecule has 14 heavy (non-hydrogen) atoms. The summed E-state index contributed by atoms with van der Waals surface area (Å²) in [6.07, 6.45) is 0.910. The van der Waals surface area contributed by atoms with Gasteiger partial charge in [0.05, 0.1) is 12.7 Å². The molecular formula is C12H18O2. The number of rotatable bonds is 3. The SMILES string of the molecule is CCc1cccc(C(C)(C)O)c1OC. The van der Waals surface area contributed by atoms with Gasteiger partial charge in [-0.05, 0) is 25.8 Å². The van der Waals surface area contributed by atoms with Crippen LogP contribution in [-0.4, -0.2) is 12.2 Å². The molecule has 0 spiro atoms. The Morgan fingerprint density at radius 2 is 2.00 bits per heavy atom. The van der Waals surface area contributed by atoms with Crippen molar-refractivity contribution in [2.45, 2.75) is 32.8 Å². The van der Waals surface area contributed by atoms with Crippen LogP contribution in [0.5, 0.6) is 5.75 Å². The van der Waals surface area contributed by atoms with E-state index in [1.807, 2.05) is 18.2 Å². The van der Waals surface area contributed by atoms with Crippen LogP contribution >= 0.6 is 0 Å². The van der Waals surface area contributed by atoms with Gasteiger partial charge in [0.25, 0.3) is 0 Å². The lowest BCUT2D eigenvalue weighted by Crippen LogP contribution is -2.17. The fourth-order valence-electron chi connectivity index (χ4n) is 1.59. The van der Waals surface area contributed by atoms with E-state index in [-0.39, 0.29) is 0 Å². The summed E-state index contributed by atoms with van der Waals surface area (Å²) in [4.78, 5) is 0. The molecule has 0 bridgehead atoms. The predicted octanol–water partition coefficient (Wildman–Crippen LogP) is 2.49. The Morgan fingerprint density at radius 1 is 1.36 bits per heavy atom. The zero-order valence-electron chi connectivity index (χ0n) is 9.29. The third-order valence-electron chi connectivity index (χ3n) is 2.34. The summed E-state index contributed by atoms with van der Waals surface area (Å²) in [6, 6.07) is 5.88. The van der Waals surface area contributed by atoms with Gasteiger partial charge in [-0.2, -0.15) is 0 Å². The fraction of sp³-hybridized carbons (Fsp3) is 0.500. The van der Waals surface area contributed by atoms with Gasteiger partial charge in [-0.3, -0.25) is 0 Å². The Hall–Kier alpha value is -1.02. The number of hydrogen-bond acceptors (Lipinski definition) is 2. The van der Waals surface area contributed by atoms with Crippen molar-refractivity contribution in [1.82, 2.24) is 0 Å². The van der Waals surface area contributed by atoms with Crippen LogP contribution in [0, 0.1) is 0 Å². The van der Waals surface area contributed by atoms with Crippen molar-refractivity contribution in [2.75, 3.05) is 7.11 Å². The van der Waals surface area contributed by atoms with Crippen LogP contribution < -0.4 is 4.74 Å². The Morgan fingerprint density at radius 3 is 2.43 bits per heavy atom. The van der Waals surface area contributed by atoms with Crippen molar-refractivity contribution in [1.29, 1.82) is 0 Å². The highest BCUT2D eigenvalue weighted by atomic mass is 16.5. The third kappa shape index (κ3) is 2.07. The molecule has 1 rings (SSSR count). The van der Waals surface area contributed by atoms with E-state index < -0.39 is 5.60 Å². The molecule has 1 aromatic rings. The van der Waals surface area contributed by atoms with Crippen LogP contribution in [0.4, 0.5) is 0 Å². The number of ether oxygens (including phenoxy) is 1. The van der Waals surface area contributed by atoms with Crippen molar-refractivity contribution in [3.63, 3.8) is 0 Å². The number of aryl methyl sites for hydroxylation is 1. The highest BCUT2D eigenvalue weighted by molar-refractivity contribution is 5.44. The van der Waals surface area contributed by atoms with E-state index in [0.717, 1.165) is 23.3 Å². The Labute approximate surface area is 85.5 Å². The first-order valence-corrected chi connectivity index (χ1v) is 4.89. The molecule has 0 aliphatic carbocycles. The molecule has 78 valence electrons. The standard InChI is InChI=1S/C12H18O2/c1-5-9-7-6-8-10(11(9)14-4)12(2,3)13/h6-8,13H,5H2,1-4H3. The molecule has 1 aromatic carbocycles. The lowest BCUT2D eigenvalue weighted by atomic mass is 9.94. The van der Waals surface area contributed by atoms with E-state index in [4.69, 9.17) is 4.74 Å². The second kappa shape index (κ2) is 4.01. The molecule has 0 radical (unpaired) electrons. The van der Waals surface area contributed by atoms with Gasteiger partial charge in [-0.15, -0.1) is 0 Å². The summed E-state index contributed by atoms with van der Waals surface area (Å²) < 4.78 is 5.33. The van der Waals surface area contributed by atoms with Crippen LogP contribution in [0.25, 0.3) is 0 Å². The van der Waals surface area contributed by atoms with Gasteiger partial charge >= 0.3 is 0 Å². The molecule has 0 saturated heterocycles. The molecule has 2 nitrogen and oxygen atoms in total. The molecule has 0 amide bonds. The summed E-state index contributed by atoms with van der Waals surface area (Å²) in [5, 5.41) is 9.94. The zero-order valence-corrected chi connectivity index (χ0v) is 9.29. The summed E-state index contributed by atoms with van der Waals surface area (Å²) in [5.41, 5.74) is 1.13. The van der Waals surface area contributed by atoms with Crippen molar-refractivity contribution in [2.24, 2.45) is 0 Å². The number of benzene rings is 1. The Balaban J connectivity index is 3.29. The lowest BCUT2D eigenvalue weighted by Gasteiger charge is -2.22. The van der Waals surface area contributed by atoms with Gasteiger partial charge in [0, 0.05) is 5.56 Å². The topological polar surface area (TPSA) is 29.5 Å². The maximum Gasteiger partial charge on any atom is 0.128 e. The molecule has 0 unspecified atom stereocenters. The molecule has 0 atom stereocenters. The quantitative estimate of drug-likeness (QED) is 0.801. The number of methoxy groups -OCH3 is 1. The van der Waals surface area contributed by atoms with Crippen molar-refractivity contribution >= 4 is 0 Å². The molecular weight excluding hydrogens is 176 g/mol. The number of hydrogen-bond donors (Lipinski definition) is 1. The smallest absolute Gasteiger partial charge is 0.128 e. The van der Waals surface area contributed by atoms with Gasteiger partial charge in [-0.1, -0.05) is 25.1 Å². The monoisotopic (exact) mass is 194 g/mol. The normalized spacial score (nSPS) is 11.5. The van der Waals surface area contributed by atoms with E-state index in [9.17, 15) is 5.11 Å².